The van der Waals surface area contributed by atoms with Gasteiger partial charge in [0.2, 0.25) is 0 Å². The van der Waals surface area contributed by atoms with Gasteiger partial charge in [-0.15, -0.1) is 0 Å². The van der Waals surface area contributed by atoms with Crippen molar-refractivity contribution in [3.05, 3.63) is 70.6 Å². The summed E-state index contributed by atoms with van der Waals surface area (Å²) >= 11 is 5.87. The number of hydrogen-bond acceptors (Lipinski definition) is 5. The van der Waals surface area contributed by atoms with Crippen molar-refractivity contribution >= 4 is 23.2 Å². The highest BCUT2D eigenvalue weighted by Gasteiger charge is 2.45. The zero-order valence-corrected chi connectivity index (χ0v) is 19.6. The molecule has 12 heteroatoms. The highest BCUT2D eigenvalue weighted by atomic mass is 35.5. The number of benzene rings is 2. The van der Waals surface area contributed by atoms with E-state index < -0.39 is 41.5 Å². The van der Waals surface area contributed by atoms with Gasteiger partial charge in [-0.25, -0.2) is 8.78 Å². The lowest BCUT2D eigenvalue weighted by Gasteiger charge is -2.12. The van der Waals surface area contributed by atoms with E-state index in [1.54, 1.807) is 0 Å². The first kappa shape index (κ1) is 27.3. The zero-order chi connectivity index (χ0) is 26.7. The van der Waals surface area contributed by atoms with E-state index >= 15 is 0 Å². The van der Waals surface area contributed by atoms with Gasteiger partial charge < -0.3 is 15.5 Å². The molecule has 2 aromatic carbocycles. The third kappa shape index (κ3) is 6.27. The number of rotatable bonds is 5. The van der Waals surface area contributed by atoms with Crippen molar-refractivity contribution in [1.29, 1.82) is 0 Å². The van der Waals surface area contributed by atoms with E-state index in [-0.39, 0.29) is 34.0 Å². The molecule has 4 rings (SSSR count). The molecule has 3 aromatic rings. The second-order valence-electron chi connectivity index (χ2n) is 8.09. The molecule has 36 heavy (non-hydrogen) atoms. The third-order valence-electron chi connectivity index (χ3n) is 5.56. The average Bonchev–Trinajstić information content (AvgIpc) is 3.64. The molecule has 0 atom stereocenters. The van der Waals surface area contributed by atoms with Crippen LogP contribution < -0.4 is 5.32 Å². The number of aromatic nitrogens is 2. The lowest BCUT2D eigenvalue weighted by molar-refractivity contribution is -0.130. The molecule has 1 amide bonds. The molecule has 1 aliphatic carbocycles. The summed E-state index contributed by atoms with van der Waals surface area (Å²) < 4.78 is 60.9. The molecule has 192 valence electrons. The highest BCUT2D eigenvalue weighted by Crippen LogP contribution is 2.46. The van der Waals surface area contributed by atoms with Gasteiger partial charge in [0.05, 0.1) is 40.5 Å². The normalized spacial score (nSPS) is 14.0. The monoisotopic (exact) mass is 529 g/mol. The summed E-state index contributed by atoms with van der Waals surface area (Å²) in [5.74, 6) is -3.02. The topological polar surface area (TPSA) is 95.3 Å². The Kier molecular flexibility index (Phi) is 8.15. The molecule has 0 aliphatic heterocycles. The summed E-state index contributed by atoms with van der Waals surface area (Å²) in [7, 11) is 0. The van der Waals surface area contributed by atoms with Crippen LogP contribution in [0.4, 0.5) is 27.6 Å². The molecule has 1 aliphatic rings. The van der Waals surface area contributed by atoms with Gasteiger partial charge >= 0.3 is 6.18 Å². The first-order valence-electron chi connectivity index (χ1n) is 10.7. The maximum Gasteiger partial charge on any atom is 0.388 e. The standard InChI is InChI=1S/C21H16ClF2N3O3.C3H5F3/c22-13-2-1-3-14(23)19(13)27-20(30)12-6-15(24)11(7-17(12)29)16-8-26-18(9-25-16)21(10-28)4-5-21;1-2-3(4,5)6/h1-3,6-9,28-29H,4-5,10H2,(H,27,30);2H2,1H3. The van der Waals surface area contributed by atoms with Gasteiger partial charge in [0.1, 0.15) is 17.4 Å². The number of hydrogen-bond donors (Lipinski definition) is 3. The van der Waals surface area contributed by atoms with Crippen LogP contribution in [0.1, 0.15) is 42.2 Å². The van der Waals surface area contributed by atoms with Crippen molar-refractivity contribution in [2.24, 2.45) is 0 Å². The van der Waals surface area contributed by atoms with Gasteiger partial charge in [-0.05, 0) is 37.1 Å². The van der Waals surface area contributed by atoms with E-state index in [0.29, 0.717) is 5.69 Å². The summed E-state index contributed by atoms with van der Waals surface area (Å²) in [6.45, 7) is 1.05. The fraction of sp³-hybridized carbons (Fsp3) is 0.292. The first-order chi connectivity index (χ1) is 16.9. The van der Waals surface area contributed by atoms with Gasteiger partial charge in [-0.2, -0.15) is 13.2 Å². The van der Waals surface area contributed by atoms with Crippen LogP contribution in [-0.4, -0.2) is 38.9 Å². The number of aromatic hydroxyl groups is 1. The van der Waals surface area contributed by atoms with Crippen LogP contribution in [0.3, 0.4) is 0 Å². The van der Waals surface area contributed by atoms with Crippen molar-refractivity contribution in [3.63, 3.8) is 0 Å². The summed E-state index contributed by atoms with van der Waals surface area (Å²) in [6, 6.07) is 5.75. The molecule has 1 heterocycles. The SMILES string of the molecule is CCC(F)(F)F.O=C(Nc1c(F)cccc1Cl)c1cc(F)c(-c2cnc(C3(CO)CC3)cn2)cc1O. The van der Waals surface area contributed by atoms with Crippen LogP contribution in [0.2, 0.25) is 5.02 Å². The van der Waals surface area contributed by atoms with Gasteiger partial charge in [0.15, 0.2) is 0 Å². The molecule has 1 saturated carbocycles. The fourth-order valence-corrected chi connectivity index (χ4v) is 3.34. The highest BCUT2D eigenvalue weighted by molar-refractivity contribution is 6.34. The Morgan fingerprint density at radius 2 is 1.81 bits per heavy atom. The molecule has 0 radical (unpaired) electrons. The number of aliphatic hydroxyl groups is 1. The molecule has 3 N–H and O–H groups in total. The number of nitrogens with zero attached hydrogens (tertiary/aromatic N) is 2. The Morgan fingerprint density at radius 3 is 2.31 bits per heavy atom. The number of nitrogens with one attached hydrogen (secondary N) is 1. The largest absolute Gasteiger partial charge is 0.507 e. The number of anilines is 1. The minimum absolute atomic E-state index is 0.0355. The van der Waals surface area contributed by atoms with Crippen LogP contribution >= 0.6 is 11.6 Å². The van der Waals surface area contributed by atoms with E-state index in [4.69, 9.17) is 11.6 Å². The number of carbonyl (C=O) groups excluding carboxylic acids is 1. The summed E-state index contributed by atoms with van der Waals surface area (Å²) in [6.07, 6.45) is -0.254. The number of aliphatic hydroxyl groups excluding tert-OH is 1. The van der Waals surface area contributed by atoms with Gasteiger partial charge in [-0.1, -0.05) is 24.6 Å². The van der Waals surface area contributed by atoms with Crippen molar-refractivity contribution in [2.75, 3.05) is 11.9 Å². The molecule has 0 saturated heterocycles. The van der Waals surface area contributed by atoms with Crippen molar-refractivity contribution in [3.8, 4) is 17.0 Å². The Hall–Kier alpha value is -3.31. The van der Waals surface area contributed by atoms with Gasteiger partial charge in [0.25, 0.3) is 5.91 Å². The molecular weight excluding hydrogens is 509 g/mol. The van der Waals surface area contributed by atoms with Gasteiger partial charge in [-0.3, -0.25) is 14.8 Å². The lowest BCUT2D eigenvalue weighted by atomic mass is 10.0. The Morgan fingerprint density at radius 1 is 1.14 bits per heavy atom. The molecule has 1 aromatic heterocycles. The summed E-state index contributed by atoms with van der Waals surface area (Å²) in [5.41, 5.74) is -0.312. The Labute approximate surface area is 207 Å². The van der Waals surface area contributed by atoms with Crippen molar-refractivity contribution in [1.82, 2.24) is 9.97 Å². The minimum atomic E-state index is -3.96. The second-order valence-corrected chi connectivity index (χ2v) is 8.50. The number of phenols is 1. The maximum absolute atomic E-state index is 14.7. The quantitative estimate of drug-likeness (QED) is 0.352. The molecule has 0 spiro atoms. The van der Waals surface area contributed by atoms with E-state index in [9.17, 15) is 37.0 Å². The first-order valence-corrected chi connectivity index (χ1v) is 11.1. The number of halogens is 6. The average molecular weight is 530 g/mol. The minimum Gasteiger partial charge on any atom is -0.507 e. The van der Waals surface area contributed by atoms with Crippen LogP contribution in [0.5, 0.6) is 5.75 Å². The van der Waals surface area contributed by atoms with Crippen LogP contribution in [0, 0.1) is 11.6 Å². The zero-order valence-electron chi connectivity index (χ0n) is 18.8. The van der Waals surface area contributed by atoms with E-state index in [1.807, 2.05) is 0 Å². The Bertz CT molecular complexity index is 1230. The third-order valence-corrected chi connectivity index (χ3v) is 5.87. The van der Waals surface area contributed by atoms with Crippen LogP contribution in [-0.2, 0) is 5.41 Å². The summed E-state index contributed by atoms with van der Waals surface area (Å²) in [5, 5.41) is 21.9. The van der Waals surface area contributed by atoms with E-state index in [0.717, 1.165) is 38.0 Å². The smallest absolute Gasteiger partial charge is 0.388 e. The molecule has 0 unspecified atom stereocenters. The van der Waals surface area contributed by atoms with Gasteiger partial charge in [0, 0.05) is 23.6 Å². The number of phenolic OH excluding ortho intramolecular Hbond substituents is 1. The van der Waals surface area contributed by atoms with Crippen molar-refractivity contribution < 1.29 is 37.0 Å². The van der Waals surface area contributed by atoms with E-state index in [1.165, 1.54) is 24.5 Å². The maximum atomic E-state index is 14.7. The molecule has 1 fully saturated rings. The second kappa shape index (κ2) is 10.8. The number of alkyl halides is 3. The van der Waals surface area contributed by atoms with Crippen molar-refractivity contribution in [2.45, 2.75) is 37.8 Å². The molecule has 6 nitrogen and oxygen atoms in total. The Balaban J connectivity index is 0.000000538. The predicted octanol–water partition coefficient (Wildman–Crippen LogP) is 6.02. The number of amides is 1. The molecular formula is C24H21ClF5N3O3. The van der Waals surface area contributed by atoms with Crippen LogP contribution in [0.25, 0.3) is 11.3 Å². The molecule has 0 bridgehead atoms. The fourth-order valence-electron chi connectivity index (χ4n) is 3.13. The number of carbonyl (C=O) groups is 1. The lowest BCUT2D eigenvalue weighted by Crippen LogP contribution is -2.15. The van der Waals surface area contributed by atoms with Crippen LogP contribution in [0.15, 0.2) is 42.7 Å². The number of para-hydroxylation sites is 1. The predicted molar refractivity (Wildman–Crippen MR) is 123 cm³/mol. The summed E-state index contributed by atoms with van der Waals surface area (Å²) in [4.78, 5) is 20.9. The van der Waals surface area contributed by atoms with E-state index in [2.05, 4.69) is 15.3 Å².